The van der Waals surface area contributed by atoms with Gasteiger partial charge in [0.05, 0.1) is 6.42 Å². The molecule has 0 aliphatic carbocycles. The number of benzene rings is 2. The number of hydrogen-bond donors (Lipinski definition) is 3. The van der Waals surface area contributed by atoms with E-state index >= 15 is 0 Å². The fourth-order valence-electron chi connectivity index (χ4n) is 4.00. The van der Waals surface area contributed by atoms with Crippen molar-refractivity contribution in [1.82, 2.24) is 15.5 Å². The molecule has 2 aliphatic heterocycles. The van der Waals surface area contributed by atoms with Gasteiger partial charge in [-0.3, -0.25) is 28.9 Å². The van der Waals surface area contributed by atoms with E-state index in [9.17, 15) is 29.1 Å². The minimum absolute atomic E-state index is 0.0281. The van der Waals surface area contributed by atoms with Crippen LogP contribution < -0.4 is 10.6 Å². The van der Waals surface area contributed by atoms with E-state index in [0.717, 1.165) is 15.7 Å². The van der Waals surface area contributed by atoms with Crippen molar-refractivity contribution in [3.05, 3.63) is 48.0 Å². The Kier molecular flexibility index (Phi) is 6.10. The molecule has 0 bridgehead atoms. The Morgan fingerprint density at radius 2 is 1.82 bits per heavy atom. The van der Waals surface area contributed by atoms with Crippen molar-refractivity contribution in [2.45, 2.75) is 50.6 Å². The van der Waals surface area contributed by atoms with Crippen LogP contribution >= 0.6 is 0 Å². The summed E-state index contributed by atoms with van der Waals surface area (Å²) < 4.78 is 4.58. The highest BCUT2D eigenvalue weighted by molar-refractivity contribution is 6.07. The molecule has 2 heterocycles. The van der Waals surface area contributed by atoms with Gasteiger partial charge in [-0.1, -0.05) is 30.3 Å². The number of cyclic esters (lactones) is 1. The van der Waals surface area contributed by atoms with Crippen molar-refractivity contribution in [2.24, 2.45) is 0 Å². The predicted octanol–water partition coefficient (Wildman–Crippen LogP) is 0.226. The summed E-state index contributed by atoms with van der Waals surface area (Å²) in [5.41, 5.74) is 0.371. The third kappa shape index (κ3) is 4.56. The van der Waals surface area contributed by atoms with Gasteiger partial charge in [0.2, 0.25) is 18.1 Å². The van der Waals surface area contributed by atoms with Gasteiger partial charge in [0.1, 0.15) is 18.1 Å². The summed E-state index contributed by atoms with van der Waals surface area (Å²) in [5, 5.41) is 16.6. The number of hydrogen-bond acceptors (Lipinski definition) is 7. The van der Waals surface area contributed by atoms with Gasteiger partial charge in [0, 0.05) is 12.0 Å². The van der Waals surface area contributed by atoms with Crippen LogP contribution in [0.2, 0.25) is 0 Å². The molecule has 4 unspecified atom stereocenters. The Morgan fingerprint density at radius 3 is 2.52 bits per heavy atom. The second-order valence-corrected chi connectivity index (χ2v) is 8.10. The maximum absolute atomic E-state index is 13.0. The second-order valence-electron chi connectivity index (χ2n) is 8.10. The van der Waals surface area contributed by atoms with Gasteiger partial charge in [0.15, 0.2) is 0 Å². The van der Waals surface area contributed by atoms with Crippen molar-refractivity contribution < 1.29 is 33.8 Å². The average molecular weight is 453 g/mol. The van der Waals surface area contributed by atoms with E-state index < -0.39 is 54.0 Å². The van der Waals surface area contributed by atoms with Gasteiger partial charge in [-0.05, 0) is 36.2 Å². The normalized spacial score (nSPS) is 23.9. The highest BCUT2D eigenvalue weighted by Gasteiger charge is 2.42. The lowest BCUT2D eigenvalue weighted by molar-refractivity contribution is -0.157. The molecule has 0 saturated carbocycles. The number of amides is 4. The standard InChI is InChI=1S/C23H23N3O7/c1-12(20(29)25-17-11-19(28)33-23(17)32)26-18(27)9-8-16(22(26)31)24-21(30)15-7-6-13-4-2-3-5-14(13)10-15/h2-7,10,12,16-17,23,32H,8-9,11H2,1H3,(H,24,30)(H,25,29). The summed E-state index contributed by atoms with van der Waals surface area (Å²) in [7, 11) is 0. The van der Waals surface area contributed by atoms with Gasteiger partial charge in [-0.25, -0.2) is 0 Å². The molecule has 2 saturated heterocycles. The molecule has 4 amide bonds. The molecule has 10 nitrogen and oxygen atoms in total. The minimum Gasteiger partial charge on any atom is -0.434 e. The number of rotatable bonds is 5. The van der Waals surface area contributed by atoms with Crippen molar-refractivity contribution in [1.29, 1.82) is 0 Å². The quantitative estimate of drug-likeness (QED) is 0.434. The average Bonchev–Trinajstić information content (AvgIpc) is 3.11. The number of imide groups is 1. The molecule has 4 atom stereocenters. The van der Waals surface area contributed by atoms with Crippen molar-refractivity contribution in [2.75, 3.05) is 0 Å². The number of fused-ring (bicyclic) bond motifs is 1. The van der Waals surface area contributed by atoms with Crippen LogP contribution in [0.5, 0.6) is 0 Å². The fraction of sp³-hybridized carbons (Fsp3) is 0.348. The zero-order valence-corrected chi connectivity index (χ0v) is 17.8. The summed E-state index contributed by atoms with van der Waals surface area (Å²) in [6, 6.07) is 9.58. The van der Waals surface area contributed by atoms with Crippen molar-refractivity contribution in [3.8, 4) is 0 Å². The Bertz CT molecular complexity index is 1150. The molecule has 2 fully saturated rings. The van der Waals surface area contributed by atoms with Crippen LogP contribution in [0.1, 0.15) is 36.5 Å². The third-order valence-corrected chi connectivity index (χ3v) is 5.85. The van der Waals surface area contributed by atoms with Gasteiger partial charge >= 0.3 is 5.97 Å². The summed E-state index contributed by atoms with van der Waals surface area (Å²) in [6.07, 6.45) is -1.62. The Balaban J connectivity index is 1.44. The predicted molar refractivity (Wildman–Crippen MR) is 114 cm³/mol. The van der Waals surface area contributed by atoms with E-state index in [1.54, 1.807) is 18.2 Å². The number of esters is 1. The van der Waals surface area contributed by atoms with Crippen molar-refractivity contribution >= 4 is 40.4 Å². The Hall–Kier alpha value is -3.79. The SMILES string of the molecule is CC(C(=O)NC1CC(=O)OC1O)N1C(=O)CCC(NC(=O)c2ccc3ccccc3c2)C1=O. The van der Waals surface area contributed by atoms with Crippen LogP contribution in [0.15, 0.2) is 42.5 Å². The summed E-state index contributed by atoms with van der Waals surface area (Å²) >= 11 is 0. The number of likely N-dealkylation sites (tertiary alicyclic amines) is 1. The Morgan fingerprint density at radius 1 is 1.09 bits per heavy atom. The molecule has 2 aliphatic rings. The zero-order chi connectivity index (χ0) is 23.7. The molecule has 4 rings (SSSR count). The monoisotopic (exact) mass is 453 g/mol. The third-order valence-electron chi connectivity index (χ3n) is 5.85. The van der Waals surface area contributed by atoms with E-state index in [-0.39, 0.29) is 19.3 Å². The highest BCUT2D eigenvalue weighted by Crippen LogP contribution is 2.20. The number of piperidine rings is 1. The van der Waals surface area contributed by atoms with Gasteiger partial charge in [0.25, 0.3) is 11.8 Å². The lowest BCUT2D eigenvalue weighted by Gasteiger charge is -2.34. The van der Waals surface area contributed by atoms with Gasteiger partial charge in [-0.2, -0.15) is 0 Å². The lowest BCUT2D eigenvalue weighted by Crippen LogP contribution is -2.60. The first-order valence-corrected chi connectivity index (χ1v) is 10.6. The lowest BCUT2D eigenvalue weighted by atomic mass is 10.0. The number of nitrogens with one attached hydrogen (secondary N) is 2. The fourth-order valence-corrected chi connectivity index (χ4v) is 4.00. The molecule has 0 aromatic heterocycles. The van der Waals surface area contributed by atoms with Crippen LogP contribution in [-0.4, -0.2) is 64.0 Å². The first-order valence-electron chi connectivity index (χ1n) is 10.6. The second kappa shape index (κ2) is 8.99. The highest BCUT2D eigenvalue weighted by atomic mass is 16.6. The smallest absolute Gasteiger partial charge is 0.310 e. The number of nitrogens with zero attached hydrogens (tertiary/aromatic N) is 1. The van der Waals surface area contributed by atoms with Crippen LogP contribution in [0, 0.1) is 0 Å². The number of aliphatic hydroxyl groups excluding tert-OH is 1. The molecule has 33 heavy (non-hydrogen) atoms. The van der Waals surface area contributed by atoms with E-state index in [1.165, 1.54) is 6.92 Å². The van der Waals surface area contributed by atoms with Crippen molar-refractivity contribution in [3.63, 3.8) is 0 Å². The first kappa shape index (κ1) is 22.4. The number of carbonyl (C=O) groups excluding carboxylic acids is 5. The van der Waals surface area contributed by atoms with Crippen LogP contribution in [-0.2, 0) is 23.9 Å². The number of ether oxygens (including phenoxy) is 1. The molecule has 3 N–H and O–H groups in total. The molecular formula is C23H23N3O7. The maximum atomic E-state index is 13.0. The maximum Gasteiger partial charge on any atom is 0.310 e. The summed E-state index contributed by atoms with van der Waals surface area (Å²) in [6.45, 7) is 1.36. The minimum atomic E-state index is -1.49. The summed E-state index contributed by atoms with van der Waals surface area (Å²) in [4.78, 5) is 62.9. The van der Waals surface area contributed by atoms with E-state index in [4.69, 9.17) is 0 Å². The zero-order valence-electron chi connectivity index (χ0n) is 17.8. The van der Waals surface area contributed by atoms with Crippen LogP contribution in [0.25, 0.3) is 10.8 Å². The number of aliphatic hydroxyl groups is 1. The van der Waals surface area contributed by atoms with Crippen LogP contribution in [0.3, 0.4) is 0 Å². The van der Waals surface area contributed by atoms with E-state index in [1.807, 2.05) is 24.3 Å². The van der Waals surface area contributed by atoms with Gasteiger partial charge < -0.3 is 20.5 Å². The molecule has 2 aromatic rings. The summed E-state index contributed by atoms with van der Waals surface area (Å²) in [5.74, 6) is -3.08. The Labute approximate surface area is 188 Å². The molecule has 172 valence electrons. The topological polar surface area (TPSA) is 142 Å². The van der Waals surface area contributed by atoms with Gasteiger partial charge in [-0.15, -0.1) is 0 Å². The van der Waals surface area contributed by atoms with Crippen LogP contribution in [0.4, 0.5) is 0 Å². The molecule has 0 spiro atoms. The number of carbonyl (C=O) groups is 5. The molecule has 0 radical (unpaired) electrons. The molecular weight excluding hydrogens is 430 g/mol. The first-order chi connectivity index (χ1) is 15.7. The largest absolute Gasteiger partial charge is 0.434 e. The van der Waals surface area contributed by atoms with E-state index in [0.29, 0.717) is 5.56 Å². The van der Waals surface area contributed by atoms with E-state index in [2.05, 4.69) is 15.4 Å². The molecule has 10 heteroatoms. The molecule has 2 aromatic carbocycles.